The summed E-state index contributed by atoms with van der Waals surface area (Å²) in [7, 11) is -3.53. The van der Waals surface area contributed by atoms with Crippen LogP contribution in [0.3, 0.4) is 0 Å². The van der Waals surface area contributed by atoms with Gasteiger partial charge in [-0.05, 0) is 50.5 Å². The van der Waals surface area contributed by atoms with Crippen LogP contribution in [-0.4, -0.2) is 40.3 Å². The Labute approximate surface area is 187 Å². The maximum absolute atomic E-state index is 13.1. The van der Waals surface area contributed by atoms with Crippen LogP contribution in [0.2, 0.25) is 0 Å². The van der Waals surface area contributed by atoms with E-state index in [1.54, 1.807) is 22.5 Å². The monoisotopic (exact) mass is 457 g/mol. The zero-order chi connectivity index (χ0) is 22.9. The highest BCUT2D eigenvalue weighted by Gasteiger charge is 2.26. The molecule has 1 saturated heterocycles. The van der Waals surface area contributed by atoms with Crippen LogP contribution in [0.1, 0.15) is 37.6 Å². The highest BCUT2D eigenvalue weighted by Crippen LogP contribution is 2.26. The lowest BCUT2D eigenvalue weighted by atomic mass is 10.2. The zero-order valence-corrected chi connectivity index (χ0v) is 19.1. The molecule has 0 spiro atoms. The Bertz CT molecular complexity index is 1260. The van der Waals surface area contributed by atoms with Gasteiger partial charge in [-0.15, -0.1) is 0 Å². The molecule has 1 aromatic heterocycles. The molecule has 1 fully saturated rings. The van der Waals surface area contributed by atoms with E-state index >= 15 is 0 Å². The Morgan fingerprint density at radius 1 is 1.12 bits per heavy atom. The summed E-state index contributed by atoms with van der Waals surface area (Å²) in [5, 5.41) is 14.3. The largest absolute Gasteiger partial charge is 0.377 e. The first-order chi connectivity index (χ1) is 15.3. The van der Waals surface area contributed by atoms with Crippen molar-refractivity contribution in [1.29, 1.82) is 0 Å². The van der Waals surface area contributed by atoms with Crippen LogP contribution < -0.4 is 5.32 Å². The van der Waals surface area contributed by atoms with Crippen molar-refractivity contribution < 1.29 is 13.3 Å². The van der Waals surface area contributed by atoms with E-state index in [0.717, 1.165) is 36.2 Å². The first-order valence-corrected chi connectivity index (χ1v) is 12.2. The molecule has 32 heavy (non-hydrogen) atoms. The third-order valence-electron chi connectivity index (χ3n) is 5.94. The van der Waals surface area contributed by atoms with Crippen molar-refractivity contribution in [2.24, 2.45) is 0 Å². The molecule has 0 atom stereocenters. The first kappa shape index (κ1) is 22.2. The molecule has 0 amide bonds. The summed E-state index contributed by atoms with van der Waals surface area (Å²) >= 11 is 0. The van der Waals surface area contributed by atoms with Gasteiger partial charge in [-0.3, -0.25) is 10.1 Å². The predicted molar refractivity (Wildman–Crippen MR) is 123 cm³/mol. The minimum absolute atomic E-state index is 0.0228. The lowest BCUT2D eigenvalue weighted by Crippen LogP contribution is -2.35. The molecule has 2 heterocycles. The van der Waals surface area contributed by atoms with Gasteiger partial charge in [0.15, 0.2) is 0 Å². The number of nitro groups is 1. The second-order valence-corrected chi connectivity index (χ2v) is 9.94. The molecule has 170 valence electrons. The molecule has 3 aromatic rings. The van der Waals surface area contributed by atoms with E-state index in [4.69, 9.17) is 0 Å². The molecule has 0 bridgehead atoms. The summed E-state index contributed by atoms with van der Waals surface area (Å²) in [4.78, 5) is 15.6. The van der Waals surface area contributed by atoms with Gasteiger partial charge in [0.2, 0.25) is 10.0 Å². The Kier molecular flexibility index (Phi) is 6.16. The van der Waals surface area contributed by atoms with Gasteiger partial charge in [0.05, 0.1) is 27.4 Å². The standard InChI is InChI=1S/C22H27N5O4S/c1-3-26-21-10-9-18(32(30,31)25-11-5-4-6-12-25)14-20(21)24-22(26)15-23-19-13-17(27(28)29)8-7-16(19)2/h7-10,13-14,23H,3-6,11-12,15H2,1-2H3. The summed E-state index contributed by atoms with van der Waals surface area (Å²) in [5.74, 6) is 0.737. The zero-order valence-electron chi connectivity index (χ0n) is 18.2. The van der Waals surface area contributed by atoms with Gasteiger partial charge < -0.3 is 9.88 Å². The van der Waals surface area contributed by atoms with E-state index in [1.807, 2.05) is 24.5 Å². The molecule has 4 rings (SSSR count). The van der Waals surface area contributed by atoms with Gasteiger partial charge in [-0.1, -0.05) is 12.5 Å². The average Bonchev–Trinajstić information content (AvgIpc) is 3.15. The van der Waals surface area contributed by atoms with E-state index in [-0.39, 0.29) is 10.6 Å². The van der Waals surface area contributed by atoms with Crippen LogP contribution in [0.5, 0.6) is 0 Å². The number of fused-ring (bicyclic) bond motifs is 1. The van der Waals surface area contributed by atoms with Crippen molar-refractivity contribution in [3.05, 3.63) is 57.9 Å². The molecular formula is C22H27N5O4S. The third kappa shape index (κ3) is 4.20. The quantitative estimate of drug-likeness (QED) is 0.423. The molecule has 10 heteroatoms. The normalized spacial score (nSPS) is 15.2. The molecule has 1 aliphatic heterocycles. The third-order valence-corrected chi connectivity index (χ3v) is 7.83. The number of nitrogens with one attached hydrogen (secondary N) is 1. The maximum atomic E-state index is 13.1. The molecule has 1 N–H and O–H groups in total. The van der Waals surface area contributed by atoms with Crippen LogP contribution in [0.4, 0.5) is 11.4 Å². The van der Waals surface area contributed by atoms with E-state index in [2.05, 4.69) is 10.3 Å². The SMILES string of the molecule is CCn1c(CNc2cc([N+](=O)[O-])ccc2C)nc2cc(S(=O)(=O)N3CCCCC3)ccc21. The number of hydrogen-bond donors (Lipinski definition) is 1. The summed E-state index contributed by atoms with van der Waals surface area (Å²) in [6, 6.07) is 9.81. The number of aryl methyl sites for hydroxylation is 2. The number of aromatic nitrogens is 2. The minimum Gasteiger partial charge on any atom is -0.377 e. The van der Waals surface area contributed by atoms with Crippen LogP contribution >= 0.6 is 0 Å². The smallest absolute Gasteiger partial charge is 0.271 e. The second kappa shape index (κ2) is 8.87. The maximum Gasteiger partial charge on any atom is 0.271 e. The van der Waals surface area contributed by atoms with Crippen molar-refractivity contribution in [1.82, 2.24) is 13.9 Å². The summed E-state index contributed by atoms with van der Waals surface area (Å²) < 4.78 is 29.7. The summed E-state index contributed by atoms with van der Waals surface area (Å²) in [5.41, 5.74) is 3.07. The van der Waals surface area contributed by atoms with Crippen LogP contribution in [-0.2, 0) is 23.1 Å². The average molecular weight is 458 g/mol. The summed E-state index contributed by atoms with van der Waals surface area (Å²) in [6.45, 7) is 6.02. The van der Waals surface area contributed by atoms with Crippen LogP contribution in [0, 0.1) is 17.0 Å². The lowest BCUT2D eigenvalue weighted by Gasteiger charge is -2.25. The van der Waals surface area contributed by atoms with E-state index < -0.39 is 14.9 Å². The van der Waals surface area contributed by atoms with Crippen molar-refractivity contribution >= 4 is 32.4 Å². The number of benzene rings is 2. The molecule has 0 saturated carbocycles. The van der Waals surface area contributed by atoms with Gasteiger partial charge in [-0.2, -0.15) is 4.31 Å². The number of nitro benzene ring substituents is 1. The Balaban J connectivity index is 1.63. The predicted octanol–water partition coefficient (Wildman–Crippen LogP) is 4.06. The van der Waals surface area contributed by atoms with Crippen LogP contribution in [0.25, 0.3) is 11.0 Å². The van der Waals surface area contributed by atoms with E-state index in [9.17, 15) is 18.5 Å². The Morgan fingerprint density at radius 3 is 2.56 bits per heavy atom. The van der Waals surface area contributed by atoms with Crippen LogP contribution in [0.15, 0.2) is 41.3 Å². The molecular weight excluding hydrogens is 430 g/mol. The molecule has 2 aromatic carbocycles. The fourth-order valence-corrected chi connectivity index (χ4v) is 5.69. The van der Waals surface area contributed by atoms with Crippen molar-refractivity contribution in [2.75, 3.05) is 18.4 Å². The topological polar surface area (TPSA) is 110 Å². The number of nitrogens with zero attached hydrogens (tertiary/aromatic N) is 4. The second-order valence-electron chi connectivity index (χ2n) is 8.00. The highest BCUT2D eigenvalue weighted by molar-refractivity contribution is 7.89. The Hall–Kier alpha value is -2.98. The highest BCUT2D eigenvalue weighted by atomic mass is 32.2. The number of piperidine rings is 1. The number of imidazole rings is 1. The number of sulfonamides is 1. The van der Waals surface area contributed by atoms with E-state index in [0.29, 0.717) is 37.4 Å². The van der Waals surface area contributed by atoms with Crippen molar-refractivity contribution in [3.8, 4) is 0 Å². The molecule has 0 aliphatic carbocycles. The minimum atomic E-state index is -3.53. The number of rotatable bonds is 7. The Morgan fingerprint density at radius 2 is 1.88 bits per heavy atom. The van der Waals surface area contributed by atoms with E-state index in [1.165, 1.54) is 12.1 Å². The van der Waals surface area contributed by atoms with Gasteiger partial charge in [0.1, 0.15) is 5.82 Å². The molecule has 9 nitrogen and oxygen atoms in total. The fraction of sp³-hybridized carbons (Fsp3) is 0.409. The lowest BCUT2D eigenvalue weighted by molar-refractivity contribution is -0.384. The molecule has 0 radical (unpaired) electrons. The van der Waals surface area contributed by atoms with Crippen molar-refractivity contribution in [2.45, 2.75) is 51.1 Å². The van der Waals surface area contributed by atoms with Gasteiger partial charge in [0, 0.05) is 37.5 Å². The van der Waals surface area contributed by atoms with Crippen molar-refractivity contribution in [3.63, 3.8) is 0 Å². The number of non-ortho nitro benzene ring substituents is 1. The first-order valence-electron chi connectivity index (χ1n) is 10.8. The van der Waals surface area contributed by atoms with Gasteiger partial charge in [0.25, 0.3) is 5.69 Å². The molecule has 0 unspecified atom stereocenters. The number of anilines is 1. The molecule has 1 aliphatic rings. The number of hydrogen-bond acceptors (Lipinski definition) is 6. The van der Waals surface area contributed by atoms with Gasteiger partial charge in [-0.25, -0.2) is 13.4 Å². The summed E-state index contributed by atoms with van der Waals surface area (Å²) in [6.07, 6.45) is 2.84. The fourth-order valence-electron chi connectivity index (χ4n) is 4.15. The van der Waals surface area contributed by atoms with Gasteiger partial charge >= 0.3 is 0 Å².